The molecule has 0 saturated carbocycles. The van der Waals surface area contributed by atoms with Gasteiger partial charge in [-0.1, -0.05) is 17.7 Å². The predicted molar refractivity (Wildman–Crippen MR) is 79.8 cm³/mol. The summed E-state index contributed by atoms with van der Waals surface area (Å²) in [7, 11) is 3.82. The van der Waals surface area contributed by atoms with Gasteiger partial charge in [-0.3, -0.25) is 0 Å². The van der Waals surface area contributed by atoms with E-state index in [1.165, 1.54) is 11.1 Å². The van der Waals surface area contributed by atoms with Crippen molar-refractivity contribution < 1.29 is 9.84 Å². The van der Waals surface area contributed by atoms with Gasteiger partial charge in [0, 0.05) is 18.7 Å². The lowest BCUT2D eigenvalue weighted by Gasteiger charge is -2.35. The number of nitrogens with zero attached hydrogens (tertiary/aromatic N) is 1. The van der Waals surface area contributed by atoms with E-state index in [4.69, 9.17) is 9.84 Å². The number of ether oxygens (including phenoxy) is 1. The number of methoxy groups -OCH3 is 1. The van der Waals surface area contributed by atoms with E-state index in [1.807, 2.05) is 6.07 Å². The van der Waals surface area contributed by atoms with E-state index in [0.717, 1.165) is 25.1 Å². The van der Waals surface area contributed by atoms with Crippen LogP contribution in [-0.4, -0.2) is 42.9 Å². The van der Waals surface area contributed by atoms with Crippen LogP contribution < -0.4 is 4.74 Å². The molecule has 0 bridgehead atoms. The number of benzene rings is 1. The molecule has 1 aromatic carbocycles. The minimum Gasteiger partial charge on any atom is -0.496 e. The maximum Gasteiger partial charge on any atom is 0.122 e. The summed E-state index contributed by atoms with van der Waals surface area (Å²) in [6.07, 6.45) is 1.74. The SMILES string of the molecule is COc1ccc(C)cc1CCN(C)C(C)(C)CCO. The molecular weight excluding hydrogens is 238 g/mol. The molecule has 0 saturated heterocycles. The maximum atomic E-state index is 9.11. The molecule has 0 aromatic heterocycles. The van der Waals surface area contributed by atoms with E-state index in [0.29, 0.717) is 0 Å². The van der Waals surface area contributed by atoms with Crippen LogP contribution in [0.5, 0.6) is 5.75 Å². The molecule has 0 aliphatic rings. The second-order valence-electron chi connectivity index (χ2n) is 5.77. The van der Waals surface area contributed by atoms with Gasteiger partial charge in [0.05, 0.1) is 7.11 Å². The van der Waals surface area contributed by atoms with Crippen molar-refractivity contribution in [2.24, 2.45) is 0 Å². The highest BCUT2D eigenvalue weighted by Crippen LogP contribution is 2.22. The van der Waals surface area contributed by atoms with Gasteiger partial charge in [-0.25, -0.2) is 0 Å². The van der Waals surface area contributed by atoms with Crippen LogP contribution in [-0.2, 0) is 6.42 Å². The molecule has 1 rings (SSSR count). The van der Waals surface area contributed by atoms with E-state index >= 15 is 0 Å². The van der Waals surface area contributed by atoms with Gasteiger partial charge in [-0.05, 0) is 52.3 Å². The minimum atomic E-state index is 0.0197. The summed E-state index contributed by atoms with van der Waals surface area (Å²) in [5, 5.41) is 9.11. The lowest BCUT2D eigenvalue weighted by Crippen LogP contribution is -2.42. The fourth-order valence-electron chi connectivity index (χ4n) is 2.16. The highest BCUT2D eigenvalue weighted by molar-refractivity contribution is 5.37. The molecule has 0 atom stereocenters. The Morgan fingerprint density at radius 2 is 2.00 bits per heavy atom. The monoisotopic (exact) mass is 265 g/mol. The normalized spacial score (nSPS) is 11.9. The van der Waals surface area contributed by atoms with E-state index in [9.17, 15) is 0 Å². The van der Waals surface area contributed by atoms with Gasteiger partial charge in [0.25, 0.3) is 0 Å². The van der Waals surface area contributed by atoms with Crippen LogP contribution in [0.25, 0.3) is 0 Å². The van der Waals surface area contributed by atoms with Crippen molar-refractivity contribution in [1.29, 1.82) is 0 Å². The molecule has 0 spiro atoms. The van der Waals surface area contributed by atoms with E-state index in [-0.39, 0.29) is 12.1 Å². The molecule has 19 heavy (non-hydrogen) atoms. The average Bonchev–Trinajstić information content (AvgIpc) is 2.36. The zero-order chi connectivity index (χ0) is 14.5. The van der Waals surface area contributed by atoms with E-state index in [2.05, 4.69) is 44.9 Å². The van der Waals surface area contributed by atoms with E-state index in [1.54, 1.807) is 7.11 Å². The molecule has 0 radical (unpaired) electrons. The van der Waals surface area contributed by atoms with Crippen LogP contribution in [0.15, 0.2) is 18.2 Å². The lowest BCUT2D eigenvalue weighted by molar-refractivity contribution is 0.117. The Kier molecular flexibility index (Phi) is 5.83. The predicted octanol–water partition coefficient (Wildman–Crippen LogP) is 2.64. The summed E-state index contributed by atoms with van der Waals surface area (Å²) in [5.74, 6) is 0.957. The second-order valence-corrected chi connectivity index (χ2v) is 5.77. The molecule has 3 heteroatoms. The van der Waals surface area contributed by atoms with Crippen LogP contribution in [0.3, 0.4) is 0 Å². The molecule has 0 fully saturated rings. The highest BCUT2D eigenvalue weighted by atomic mass is 16.5. The van der Waals surface area contributed by atoms with Crippen LogP contribution in [0.4, 0.5) is 0 Å². The van der Waals surface area contributed by atoms with Gasteiger partial charge in [-0.15, -0.1) is 0 Å². The molecular formula is C16H27NO2. The van der Waals surface area contributed by atoms with E-state index < -0.39 is 0 Å². The molecule has 0 heterocycles. The van der Waals surface area contributed by atoms with Crippen molar-refractivity contribution in [2.45, 2.75) is 39.2 Å². The molecule has 0 unspecified atom stereocenters. The first kappa shape index (κ1) is 16.0. The van der Waals surface area contributed by atoms with Crippen LogP contribution >= 0.6 is 0 Å². The number of likely N-dealkylation sites (N-methyl/N-ethyl adjacent to an activating group) is 1. The van der Waals surface area contributed by atoms with Gasteiger partial charge in [0.15, 0.2) is 0 Å². The van der Waals surface area contributed by atoms with Gasteiger partial charge in [0.1, 0.15) is 5.75 Å². The minimum absolute atomic E-state index is 0.0197. The van der Waals surface area contributed by atoms with Crippen molar-refractivity contribution in [3.63, 3.8) is 0 Å². The van der Waals surface area contributed by atoms with Crippen molar-refractivity contribution >= 4 is 0 Å². The Morgan fingerprint density at radius 1 is 1.32 bits per heavy atom. The lowest BCUT2D eigenvalue weighted by atomic mass is 9.98. The summed E-state index contributed by atoms with van der Waals surface area (Å²) < 4.78 is 5.41. The Morgan fingerprint density at radius 3 is 2.58 bits per heavy atom. The topological polar surface area (TPSA) is 32.7 Å². The van der Waals surface area contributed by atoms with Gasteiger partial charge < -0.3 is 14.7 Å². The number of hydrogen-bond donors (Lipinski definition) is 1. The molecule has 108 valence electrons. The zero-order valence-corrected chi connectivity index (χ0v) is 12.9. The Balaban J connectivity index is 2.68. The third-order valence-corrected chi connectivity index (χ3v) is 3.91. The number of hydrogen-bond acceptors (Lipinski definition) is 3. The van der Waals surface area contributed by atoms with Crippen molar-refractivity contribution in [2.75, 3.05) is 27.3 Å². The second kappa shape index (κ2) is 6.92. The van der Waals surface area contributed by atoms with Crippen molar-refractivity contribution in [3.05, 3.63) is 29.3 Å². The third kappa shape index (κ3) is 4.51. The first-order valence-corrected chi connectivity index (χ1v) is 6.86. The summed E-state index contributed by atoms with van der Waals surface area (Å²) in [6, 6.07) is 6.29. The van der Waals surface area contributed by atoms with Crippen LogP contribution in [0, 0.1) is 6.92 Å². The fourth-order valence-corrected chi connectivity index (χ4v) is 2.16. The van der Waals surface area contributed by atoms with Crippen molar-refractivity contribution in [3.8, 4) is 5.75 Å². The molecule has 1 aromatic rings. The quantitative estimate of drug-likeness (QED) is 0.822. The number of aliphatic hydroxyl groups excluding tert-OH is 1. The summed E-state index contributed by atoms with van der Waals surface area (Å²) in [5.41, 5.74) is 2.52. The number of aryl methyl sites for hydroxylation is 1. The Hall–Kier alpha value is -1.06. The zero-order valence-electron chi connectivity index (χ0n) is 12.9. The van der Waals surface area contributed by atoms with Crippen LogP contribution in [0.2, 0.25) is 0 Å². The van der Waals surface area contributed by atoms with Crippen molar-refractivity contribution in [1.82, 2.24) is 4.90 Å². The summed E-state index contributed by atoms with van der Waals surface area (Å²) >= 11 is 0. The molecule has 1 N–H and O–H groups in total. The largest absolute Gasteiger partial charge is 0.496 e. The molecule has 3 nitrogen and oxygen atoms in total. The number of aliphatic hydroxyl groups is 1. The highest BCUT2D eigenvalue weighted by Gasteiger charge is 2.22. The van der Waals surface area contributed by atoms with Gasteiger partial charge >= 0.3 is 0 Å². The summed E-state index contributed by atoms with van der Waals surface area (Å²) in [4.78, 5) is 2.30. The third-order valence-electron chi connectivity index (χ3n) is 3.91. The maximum absolute atomic E-state index is 9.11. The summed E-state index contributed by atoms with van der Waals surface area (Å²) in [6.45, 7) is 7.60. The van der Waals surface area contributed by atoms with Gasteiger partial charge in [-0.2, -0.15) is 0 Å². The average molecular weight is 265 g/mol. The smallest absolute Gasteiger partial charge is 0.122 e. The molecule has 0 aliphatic carbocycles. The van der Waals surface area contributed by atoms with Gasteiger partial charge in [0.2, 0.25) is 0 Å². The first-order chi connectivity index (χ1) is 8.90. The first-order valence-electron chi connectivity index (χ1n) is 6.86. The van der Waals surface area contributed by atoms with Crippen LogP contribution in [0.1, 0.15) is 31.4 Å². The Labute approximate surface area is 117 Å². The molecule has 0 amide bonds. The fraction of sp³-hybridized carbons (Fsp3) is 0.625. The standard InChI is InChI=1S/C16H27NO2/c1-13-6-7-15(19-5)14(12-13)8-10-17(4)16(2,3)9-11-18/h6-7,12,18H,8-11H2,1-5H3. The number of rotatable bonds is 7. The Bertz CT molecular complexity index is 402. The molecule has 0 aliphatic heterocycles.